The van der Waals surface area contributed by atoms with Crippen molar-refractivity contribution in [3.8, 4) is 0 Å². The van der Waals surface area contributed by atoms with Crippen molar-refractivity contribution < 1.29 is 4.79 Å². The average Bonchev–Trinajstić information content (AvgIpc) is 2.28. The first-order valence-corrected chi connectivity index (χ1v) is 6.59. The molecule has 2 unspecified atom stereocenters. The van der Waals surface area contributed by atoms with E-state index in [0.717, 1.165) is 25.4 Å². The minimum absolute atomic E-state index is 0.0945. The van der Waals surface area contributed by atoms with Crippen LogP contribution in [0.4, 0.5) is 0 Å². The Labute approximate surface area is 99.6 Å². The maximum Gasteiger partial charge on any atom is 0.222 e. The fourth-order valence-corrected chi connectivity index (χ4v) is 2.33. The maximum atomic E-state index is 11.7. The van der Waals surface area contributed by atoms with E-state index in [4.69, 9.17) is 0 Å². The molecule has 0 aliphatic carbocycles. The third-order valence-electron chi connectivity index (χ3n) is 3.51. The molecule has 16 heavy (non-hydrogen) atoms. The van der Waals surface area contributed by atoms with Gasteiger partial charge in [0.2, 0.25) is 5.91 Å². The molecule has 3 nitrogen and oxygen atoms in total. The molecule has 0 bridgehead atoms. The minimum Gasteiger partial charge on any atom is -0.352 e. The molecule has 1 fully saturated rings. The van der Waals surface area contributed by atoms with Gasteiger partial charge >= 0.3 is 0 Å². The quantitative estimate of drug-likeness (QED) is 0.794. The molecular weight excluding hydrogens is 200 g/mol. The van der Waals surface area contributed by atoms with Gasteiger partial charge in [0.05, 0.1) is 0 Å². The number of rotatable bonds is 4. The van der Waals surface area contributed by atoms with Gasteiger partial charge in [-0.2, -0.15) is 0 Å². The summed E-state index contributed by atoms with van der Waals surface area (Å²) in [5.41, 5.74) is 0. The van der Waals surface area contributed by atoms with E-state index in [2.05, 4.69) is 24.1 Å². The van der Waals surface area contributed by atoms with Crippen molar-refractivity contribution in [1.82, 2.24) is 10.2 Å². The van der Waals surface area contributed by atoms with Crippen molar-refractivity contribution in [1.29, 1.82) is 0 Å². The highest BCUT2D eigenvalue weighted by molar-refractivity contribution is 5.78. The van der Waals surface area contributed by atoms with Crippen molar-refractivity contribution in [2.75, 3.05) is 19.6 Å². The molecule has 1 aliphatic rings. The summed E-state index contributed by atoms with van der Waals surface area (Å²) in [5, 5.41) is 3.17. The standard InChI is InChI=1S/C13H26N2O/c1-5-11-7-12(9-15(6-2)8-11)14-13(16)10(3)4/h10-12H,5-9H2,1-4H3,(H,14,16). The zero-order valence-corrected chi connectivity index (χ0v) is 11.1. The van der Waals surface area contributed by atoms with Crippen molar-refractivity contribution in [2.24, 2.45) is 11.8 Å². The van der Waals surface area contributed by atoms with Crippen LogP contribution in [0.25, 0.3) is 0 Å². The monoisotopic (exact) mass is 226 g/mol. The number of carbonyl (C=O) groups excluding carboxylic acids is 1. The lowest BCUT2D eigenvalue weighted by Crippen LogP contribution is -2.51. The van der Waals surface area contributed by atoms with Crippen LogP contribution in [0, 0.1) is 11.8 Å². The van der Waals surface area contributed by atoms with Crippen LogP contribution < -0.4 is 5.32 Å². The summed E-state index contributed by atoms with van der Waals surface area (Å²) in [7, 11) is 0. The van der Waals surface area contributed by atoms with Crippen LogP contribution in [0.5, 0.6) is 0 Å². The Morgan fingerprint density at radius 1 is 1.38 bits per heavy atom. The van der Waals surface area contributed by atoms with Gasteiger partial charge < -0.3 is 10.2 Å². The van der Waals surface area contributed by atoms with Crippen LogP contribution in [-0.2, 0) is 4.79 Å². The number of piperidine rings is 1. The fourth-order valence-electron chi connectivity index (χ4n) is 2.33. The fraction of sp³-hybridized carbons (Fsp3) is 0.923. The molecule has 0 aromatic heterocycles. The highest BCUT2D eigenvalue weighted by atomic mass is 16.1. The van der Waals surface area contributed by atoms with Gasteiger partial charge in [0.25, 0.3) is 0 Å². The van der Waals surface area contributed by atoms with Crippen LogP contribution in [0.15, 0.2) is 0 Å². The second-order valence-electron chi connectivity index (χ2n) is 5.22. The molecule has 2 atom stereocenters. The smallest absolute Gasteiger partial charge is 0.222 e. The Kier molecular flexibility index (Phi) is 5.26. The summed E-state index contributed by atoms with van der Waals surface area (Å²) in [6.45, 7) is 11.6. The second kappa shape index (κ2) is 6.24. The second-order valence-corrected chi connectivity index (χ2v) is 5.22. The summed E-state index contributed by atoms with van der Waals surface area (Å²) >= 11 is 0. The Balaban J connectivity index is 2.49. The van der Waals surface area contributed by atoms with Crippen molar-refractivity contribution >= 4 is 5.91 Å². The predicted molar refractivity (Wildman–Crippen MR) is 67.3 cm³/mol. The normalized spacial score (nSPS) is 27.1. The van der Waals surface area contributed by atoms with E-state index in [1.54, 1.807) is 0 Å². The highest BCUT2D eigenvalue weighted by Gasteiger charge is 2.26. The van der Waals surface area contributed by atoms with Gasteiger partial charge in [0, 0.05) is 25.0 Å². The van der Waals surface area contributed by atoms with Gasteiger partial charge in [0.15, 0.2) is 0 Å². The number of carbonyl (C=O) groups is 1. The summed E-state index contributed by atoms with van der Waals surface area (Å²) in [4.78, 5) is 14.1. The average molecular weight is 226 g/mol. The zero-order valence-electron chi connectivity index (χ0n) is 11.1. The number of nitrogens with zero attached hydrogens (tertiary/aromatic N) is 1. The van der Waals surface area contributed by atoms with E-state index in [1.165, 1.54) is 13.0 Å². The van der Waals surface area contributed by atoms with E-state index >= 15 is 0 Å². The van der Waals surface area contributed by atoms with Crippen molar-refractivity contribution in [2.45, 2.75) is 46.6 Å². The maximum absolute atomic E-state index is 11.7. The van der Waals surface area contributed by atoms with E-state index in [1.807, 2.05) is 13.8 Å². The largest absolute Gasteiger partial charge is 0.352 e. The van der Waals surface area contributed by atoms with Crippen LogP contribution in [0.3, 0.4) is 0 Å². The molecule has 0 saturated carbocycles. The number of likely N-dealkylation sites (tertiary alicyclic amines) is 1. The summed E-state index contributed by atoms with van der Waals surface area (Å²) in [6.07, 6.45) is 2.36. The molecule has 0 radical (unpaired) electrons. The van der Waals surface area contributed by atoms with Crippen LogP contribution in [-0.4, -0.2) is 36.5 Å². The molecule has 1 N–H and O–H groups in total. The Morgan fingerprint density at radius 2 is 2.06 bits per heavy atom. The van der Waals surface area contributed by atoms with Gasteiger partial charge in [-0.15, -0.1) is 0 Å². The molecule has 0 spiro atoms. The lowest BCUT2D eigenvalue weighted by molar-refractivity contribution is -0.125. The van der Waals surface area contributed by atoms with Crippen molar-refractivity contribution in [3.05, 3.63) is 0 Å². The zero-order chi connectivity index (χ0) is 12.1. The Bertz CT molecular complexity index is 216. The number of amides is 1. The molecule has 1 aliphatic heterocycles. The summed E-state index contributed by atoms with van der Waals surface area (Å²) in [5.74, 6) is 1.03. The van der Waals surface area contributed by atoms with Gasteiger partial charge in [-0.25, -0.2) is 0 Å². The van der Waals surface area contributed by atoms with Gasteiger partial charge in [-0.3, -0.25) is 4.79 Å². The molecular formula is C13H26N2O. The Morgan fingerprint density at radius 3 is 2.56 bits per heavy atom. The van der Waals surface area contributed by atoms with Crippen molar-refractivity contribution in [3.63, 3.8) is 0 Å². The predicted octanol–water partition coefficient (Wildman–Crippen LogP) is 1.88. The van der Waals surface area contributed by atoms with E-state index in [9.17, 15) is 4.79 Å². The van der Waals surface area contributed by atoms with Gasteiger partial charge in [-0.1, -0.05) is 34.1 Å². The highest BCUT2D eigenvalue weighted by Crippen LogP contribution is 2.19. The number of nitrogens with one attached hydrogen (secondary N) is 1. The third-order valence-corrected chi connectivity index (χ3v) is 3.51. The third kappa shape index (κ3) is 3.78. The number of likely N-dealkylation sites (N-methyl/N-ethyl adjacent to an activating group) is 1. The van der Waals surface area contributed by atoms with Gasteiger partial charge in [0.1, 0.15) is 0 Å². The molecule has 94 valence electrons. The molecule has 3 heteroatoms. The molecule has 1 saturated heterocycles. The van der Waals surface area contributed by atoms with E-state index in [0.29, 0.717) is 6.04 Å². The van der Waals surface area contributed by atoms with E-state index in [-0.39, 0.29) is 11.8 Å². The first kappa shape index (κ1) is 13.5. The van der Waals surface area contributed by atoms with Crippen LogP contribution in [0.1, 0.15) is 40.5 Å². The molecule has 1 heterocycles. The first-order valence-electron chi connectivity index (χ1n) is 6.59. The van der Waals surface area contributed by atoms with E-state index < -0.39 is 0 Å². The Hall–Kier alpha value is -0.570. The lowest BCUT2D eigenvalue weighted by atomic mass is 9.92. The molecule has 1 rings (SSSR count). The number of hydrogen-bond donors (Lipinski definition) is 1. The topological polar surface area (TPSA) is 32.3 Å². The summed E-state index contributed by atoms with van der Waals surface area (Å²) in [6, 6.07) is 0.355. The molecule has 0 aromatic rings. The number of hydrogen-bond acceptors (Lipinski definition) is 2. The van der Waals surface area contributed by atoms with Crippen LogP contribution in [0.2, 0.25) is 0 Å². The molecule has 0 aromatic carbocycles. The SMILES string of the molecule is CCC1CC(NC(=O)C(C)C)CN(CC)C1. The lowest BCUT2D eigenvalue weighted by Gasteiger charge is -2.37. The van der Waals surface area contributed by atoms with Crippen LogP contribution >= 0.6 is 0 Å². The molecule has 1 amide bonds. The minimum atomic E-state index is 0.0945. The van der Waals surface area contributed by atoms with Gasteiger partial charge in [-0.05, 0) is 18.9 Å². The summed E-state index contributed by atoms with van der Waals surface area (Å²) < 4.78 is 0. The first-order chi connectivity index (χ1) is 7.56.